The molecule has 0 fully saturated rings. The van der Waals surface area contributed by atoms with Crippen LogP contribution < -0.4 is 4.74 Å². The molecule has 0 unspecified atom stereocenters. The Kier molecular flexibility index (Phi) is 17.7. The Morgan fingerprint density at radius 2 is 1.16 bits per heavy atom. The van der Waals surface area contributed by atoms with E-state index in [4.69, 9.17) is 9.47 Å². The van der Waals surface area contributed by atoms with Crippen molar-refractivity contribution in [3.8, 4) is 16.9 Å². The summed E-state index contributed by atoms with van der Waals surface area (Å²) < 4.78 is 50.1. The Hall–Kier alpha value is -3.87. The molecular formula is C42H53F3O4. The molecule has 0 spiro atoms. The molecule has 0 aliphatic heterocycles. The van der Waals surface area contributed by atoms with Gasteiger partial charge in [0.05, 0.1) is 5.56 Å². The molecule has 0 bridgehead atoms. The van der Waals surface area contributed by atoms with Crippen LogP contribution in [0.3, 0.4) is 0 Å². The maximum atomic E-state index is 13.3. The van der Waals surface area contributed by atoms with Gasteiger partial charge in [-0.3, -0.25) is 0 Å². The van der Waals surface area contributed by atoms with E-state index in [1.807, 2.05) is 19.1 Å². The highest BCUT2D eigenvalue weighted by Gasteiger charge is 2.42. The number of carbonyl (C=O) groups excluding carboxylic acids is 2. The summed E-state index contributed by atoms with van der Waals surface area (Å²) in [5.74, 6) is -1.27. The normalized spacial score (nSPS) is 12.3. The lowest BCUT2D eigenvalue weighted by atomic mass is 10.00. The third-order valence-electron chi connectivity index (χ3n) is 8.67. The molecule has 3 aromatic rings. The largest absolute Gasteiger partial charge is 0.450 e. The summed E-state index contributed by atoms with van der Waals surface area (Å²) >= 11 is 0. The molecule has 3 rings (SSSR count). The van der Waals surface area contributed by atoms with Gasteiger partial charge in [-0.25, -0.2) is 9.59 Å². The third-order valence-corrected chi connectivity index (χ3v) is 8.67. The predicted molar refractivity (Wildman–Crippen MR) is 193 cm³/mol. The van der Waals surface area contributed by atoms with E-state index in [9.17, 15) is 22.8 Å². The molecule has 0 saturated carbocycles. The van der Waals surface area contributed by atoms with Crippen molar-refractivity contribution in [1.29, 1.82) is 0 Å². The Labute approximate surface area is 291 Å². The molecule has 0 aliphatic rings. The van der Waals surface area contributed by atoms with E-state index in [-0.39, 0.29) is 6.42 Å². The fourth-order valence-electron chi connectivity index (χ4n) is 5.68. The van der Waals surface area contributed by atoms with Crippen LogP contribution in [0, 0.1) is 0 Å². The summed E-state index contributed by atoms with van der Waals surface area (Å²) in [5.41, 5.74) is 4.38. The quantitative estimate of drug-likeness (QED) is 0.0459. The predicted octanol–water partition coefficient (Wildman–Crippen LogP) is 12.5. The van der Waals surface area contributed by atoms with Gasteiger partial charge in [-0.15, -0.1) is 0 Å². The molecular weight excluding hydrogens is 625 g/mol. The minimum Gasteiger partial charge on any atom is -0.450 e. The Morgan fingerprint density at radius 3 is 1.71 bits per heavy atom. The smallest absolute Gasteiger partial charge is 0.425 e. The first-order valence-corrected chi connectivity index (χ1v) is 18.2. The van der Waals surface area contributed by atoms with Crippen molar-refractivity contribution >= 4 is 18.0 Å². The maximum Gasteiger partial charge on any atom is 0.425 e. The Morgan fingerprint density at radius 1 is 0.653 bits per heavy atom. The Bertz CT molecular complexity index is 1390. The second kappa shape index (κ2) is 22.0. The van der Waals surface area contributed by atoms with Crippen molar-refractivity contribution in [2.75, 3.05) is 0 Å². The molecule has 0 N–H and O–H groups in total. The molecule has 1 atom stereocenters. The van der Waals surface area contributed by atoms with E-state index in [0.29, 0.717) is 29.7 Å². The first-order valence-electron chi connectivity index (χ1n) is 18.2. The minimum absolute atomic E-state index is 0.252. The molecule has 0 radical (unpaired) electrons. The number of alkyl halides is 3. The third kappa shape index (κ3) is 15.5. The van der Waals surface area contributed by atoms with Crippen molar-refractivity contribution < 1.29 is 32.2 Å². The van der Waals surface area contributed by atoms with Gasteiger partial charge in [-0.2, -0.15) is 13.2 Å². The van der Waals surface area contributed by atoms with Crippen LogP contribution in [0.5, 0.6) is 5.75 Å². The number of halogens is 3. The number of esters is 2. The van der Waals surface area contributed by atoms with Crippen LogP contribution >= 0.6 is 0 Å². The summed E-state index contributed by atoms with van der Waals surface area (Å²) in [6, 6.07) is 22.2. The van der Waals surface area contributed by atoms with Crippen molar-refractivity contribution in [1.82, 2.24) is 0 Å². The lowest BCUT2D eigenvalue weighted by Gasteiger charge is -2.19. The average molecular weight is 679 g/mol. The second-order valence-corrected chi connectivity index (χ2v) is 12.8. The minimum atomic E-state index is -4.61. The van der Waals surface area contributed by atoms with E-state index in [1.54, 1.807) is 36.4 Å². The van der Waals surface area contributed by atoms with Crippen LogP contribution in [0.2, 0.25) is 0 Å². The molecule has 4 nitrogen and oxygen atoms in total. The molecule has 266 valence electrons. The average Bonchev–Trinajstić information content (AvgIpc) is 3.10. The van der Waals surface area contributed by atoms with Gasteiger partial charge in [0.1, 0.15) is 5.75 Å². The number of rotatable bonds is 22. The standard InChI is InChI=1S/C42H53F3O4/c1-3-5-7-9-10-11-12-13-14-15-17-33-19-24-35(25-20-33)36-26-28-37(29-27-36)41(47)48-38-30-21-34(22-31-38)23-32-40(46)49-39(42(43,44)45)18-16-8-6-4-2/h19-32,39H,3-18H2,1-2H3/t39-/m0/s1. The lowest BCUT2D eigenvalue weighted by Crippen LogP contribution is -2.33. The molecule has 7 heteroatoms. The van der Waals surface area contributed by atoms with Gasteiger partial charge in [0, 0.05) is 6.08 Å². The fraction of sp³-hybridized carbons (Fsp3) is 0.476. The first kappa shape index (κ1) is 39.6. The van der Waals surface area contributed by atoms with E-state index >= 15 is 0 Å². The highest BCUT2D eigenvalue weighted by Crippen LogP contribution is 2.28. The van der Waals surface area contributed by atoms with E-state index in [0.717, 1.165) is 36.5 Å². The zero-order valence-corrected chi connectivity index (χ0v) is 29.2. The van der Waals surface area contributed by atoms with E-state index < -0.39 is 24.2 Å². The molecule has 49 heavy (non-hydrogen) atoms. The topological polar surface area (TPSA) is 52.6 Å². The van der Waals surface area contributed by atoms with Crippen LogP contribution in [0.15, 0.2) is 78.9 Å². The zero-order valence-electron chi connectivity index (χ0n) is 29.2. The number of hydrogen-bond donors (Lipinski definition) is 0. The summed E-state index contributed by atoms with van der Waals surface area (Å²) in [7, 11) is 0. The highest BCUT2D eigenvalue weighted by molar-refractivity contribution is 5.91. The number of benzene rings is 3. The van der Waals surface area contributed by atoms with Crippen LogP contribution in [-0.4, -0.2) is 24.2 Å². The van der Waals surface area contributed by atoms with Gasteiger partial charge in [-0.1, -0.05) is 139 Å². The van der Waals surface area contributed by atoms with Crippen molar-refractivity contribution in [3.05, 3.63) is 95.6 Å². The summed E-state index contributed by atoms with van der Waals surface area (Å²) in [5, 5.41) is 0. The number of hydrogen-bond acceptors (Lipinski definition) is 4. The number of aryl methyl sites for hydroxylation is 1. The first-order chi connectivity index (χ1) is 23.7. The van der Waals surface area contributed by atoms with Crippen LogP contribution in [0.4, 0.5) is 13.2 Å². The second-order valence-electron chi connectivity index (χ2n) is 12.8. The van der Waals surface area contributed by atoms with Gasteiger partial charge in [-0.05, 0) is 78.3 Å². The van der Waals surface area contributed by atoms with Gasteiger partial charge in [0.25, 0.3) is 0 Å². The lowest BCUT2D eigenvalue weighted by molar-refractivity contribution is -0.220. The molecule has 0 heterocycles. The number of ether oxygens (including phenoxy) is 2. The highest BCUT2D eigenvalue weighted by atomic mass is 19.4. The molecule has 0 aromatic heterocycles. The fourth-order valence-corrected chi connectivity index (χ4v) is 5.68. The van der Waals surface area contributed by atoms with Crippen molar-refractivity contribution in [2.45, 2.75) is 129 Å². The summed E-state index contributed by atoms with van der Waals surface area (Å²) in [6.45, 7) is 4.23. The Balaban J connectivity index is 1.41. The van der Waals surface area contributed by atoms with Gasteiger partial charge in [0.15, 0.2) is 6.10 Å². The monoisotopic (exact) mass is 678 g/mol. The zero-order chi connectivity index (χ0) is 35.3. The number of carbonyl (C=O) groups is 2. The van der Waals surface area contributed by atoms with Gasteiger partial charge >= 0.3 is 18.1 Å². The van der Waals surface area contributed by atoms with Crippen LogP contribution in [0.1, 0.15) is 132 Å². The van der Waals surface area contributed by atoms with Crippen molar-refractivity contribution in [2.24, 2.45) is 0 Å². The summed E-state index contributed by atoms with van der Waals surface area (Å²) in [4.78, 5) is 24.8. The maximum absolute atomic E-state index is 13.3. The molecule has 0 amide bonds. The summed E-state index contributed by atoms with van der Waals surface area (Å²) in [6.07, 6.45) is 12.5. The van der Waals surface area contributed by atoms with E-state index in [1.165, 1.54) is 75.8 Å². The van der Waals surface area contributed by atoms with Crippen LogP contribution in [0.25, 0.3) is 17.2 Å². The van der Waals surface area contributed by atoms with E-state index in [2.05, 4.69) is 31.2 Å². The SMILES string of the molecule is CCCCCCCCCCCCc1ccc(-c2ccc(C(=O)Oc3ccc(C=CC(=O)O[C@@H](CCCCCC)C(F)(F)F)cc3)cc2)cc1. The van der Waals surface area contributed by atoms with Crippen LogP contribution in [-0.2, 0) is 16.0 Å². The van der Waals surface area contributed by atoms with Gasteiger partial charge < -0.3 is 9.47 Å². The molecule has 0 aliphatic carbocycles. The van der Waals surface area contributed by atoms with Crippen molar-refractivity contribution in [3.63, 3.8) is 0 Å². The molecule has 0 saturated heterocycles. The van der Waals surface area contributed by atoms with Gasteiger partial charge in [0.2, 0.25) is 0 Å². The molecule has 3 aromatic carbocycles. The number of unbranched alkanes of at least 4 members (excludes halogenated alkanes) is 12.